The van der Waals surface area contributed by atoms with Crippen molar-refractivity contribution in [3.05, 3.63) is 0 Å². The molecular weight excluding hydrogens is 1390 g/mol. The van der Waals surface area contributed by atoms with Crippen LogP contribution in [0.1, 0.15) is 175 Å². The number of Topliss-reactive ketones (excluding diaryl/α,β-unsaturated/α-hetero) is 1. The van der Waals surface area contributed by atoms with E-state index in [0.717, 1.165) is 77.0 Å². The van der Waals surface area contributed by atoms with Gasteiger partial charge in [0, 0.05) is 65.4 Å². The number of hydrogen-bond acceptors (Lipinski definition) is 28. The molecular formula is C73H121N5O28. The molecule has 33 nitrogen and oxygen atoms in total. The highest BCUT2D eigenvalue weighted by molar-refractivity contribution is 5.82. The standard InChI is InChI=1S/C73H121N5O28/c1-38-56(85)60(89)62(91)72(97-38)105-65-46(74-40(3)81)21-11-23-48(65)101-70-45(64(58(87)52(35-79)103-70)99-50(68(93)77-25-14-26-77)32-42-16-7-5-8-17-42)34-44(83)20-13-29-95-30-31-96-37-54(84)76-55-67(100-51(69(94)78-27-15-28-78)33-43-18-9-6-10-19-43)59(88)53(36-80)104-71(55)102-49-24-12-22-47(75-41(4)82)66(49)106-73-63(92)61(90)57(86)39(2)98-73/h38-39,42-43,45-53,55-67,70-73,79-80,85-92H,5-37H2,1-4H3,(H,74,81)(H,75,82)(H,76,84)/t38-,39-,45+,46-,47-,48+,49+,50-,51-,52+,53+,55+,56+,57+,58-,59-,60+,61+,62-,63-,64+,65+,66+,67+,70+,71+,72-,73-/m0/s1. The number of aliphatic hydroxyl groups excluding tert-OH is 10. The number of amides is 5. The van der Waals surface area contributed by atoms with Crippen molar-refractivity contribution in [2.24, 2.45) is 17.8 Å². The highest BCUT2D eigenvalue weighted by atomic mass is 16.7. The average Bonchev–Trinajstić information content (AvgIpc) is 0.781. The van der Waals surface area contributed by atoms with Crippen molar-refractivity contribution in [3.8, 4) is 0 Å². The molecule has 13 N–H and O–H groups in total. The van der Waals surface area contributed by atoms with Gasteiger partial charge in [-0.1, -0.05) is 64.2 Å². The fourth-order valence-electron chi connectivity index (χ4n) is 16.9. The molecule has 10 aliphatic rings. The third-order valence-corrected chi connectivity index (χ3v) is 23.2. The lowest BCUT2D eigenvalue weighted by Crippen LogP contribution is -2.68. The van der Waals surface area contributed by atoms with E-state index in [4.69, 9.17) is 56.8 Å². The normalized spacial score (nSPS) is 39.0. The van der Waals surface area contributed by atoms with Crippen molar-refractivity contribution in [1.82, 2.24) is 25.8 Å². The minimum atomic E-state index is -1.73. The number of likely N-dealkylation sites (tertiary alicyclic amines) is 2. The molecule has 4 saturated carbocycles. The summed E-state index contributed by atoms with van der Waals surface area (Å²) < 4.78 is 76.2. The highest BCUT2D eigenvalue weighted by Gasteiger charge is 2.55. The lowest BCUT2D eigenvalue weighted by atomic mass is 9.83. The van der Waals surface area contributed by atoms with Gasteiger partial charge in [0.05, 0.1) is 69.0 Å². The van der Waals surface area contributed by atoms with Gasteiger partial charge in [-0.3, -0.25) is 28.8 Å². The van der Waals surface area contributed by atoms with Crippen LogP contribution in [0, 0.1) is 17.8 Å². The molecule has 0 spiro atoms. The third kappa shape index (κ3) is 22.1. The Kier molecular flexibility index (Phi) is 32.4. The average molecular weight is 1520 g/mol. The molecule has 6 saturated heterocycles. The van der Waals surface area contributed by atoms with Crippen LogP contribution in [0.2, 0.25) is 0 Å². The lowest BCUT2D eigenvalue weighted by Gasteiger charge is -2.49. The zero-order chi connectivity index (χ0) is 75.9. The summed E-state index contributed by atoms with van der Waals surface area (Å²) in [5.74, 6) is -3.20. The Balaban J connectivity index is 0.813. The number of nitrogens with zero attached hydrogens (tertiary/aromatic N) is 2. The van der Waals surface area contributed by atoms with E-state index < -0.39 is 209 Å². The van der Waals surface area contributed by atoms with Crippen LogP contribution in [0.4, 0.5) is 0 Å². The van der Waals surface area contributed by atoms with Gasteiger partial charge >= 0.3 is 0 Å². The van der Waals surface area contributed by atoms with E-state index >= 15 is 0 Å². The second-order valence-electron chi connectivity index (χ2n) is 31.1. The van der Waals surface area contributed by atoms with Crippen LogP contribution in [0.15, 0.2) is 0 Å². The van der Waals surface area contributed by atoms with E-state index in [0.29, 0.717) is 64.7 Å². The maximum Gasteiger partial charge on any atom is 0.251 e. The maximum absolute atomic E-state index is 14.5. The Bertz CT molecular complexity index is 2590. The first-order chi connectivity index (χ1) is 50.9. The van der Waals surface area contributed by atoms with Crippen LogP contribution < -0.4 is 16.0 Å². The minimum absolute atomic E-state index is 0.0397. The first-order valence-electron chi connectivity index (χ1n) is 39.2. The molecule has 10 fully saturated rings. The molecule has 6 heterocycles. The van der Waals surface area contributed by atoms with E-state index in [2.05, 4.69) is 16.0 Å². The molecule has 0 bridgehead atoms. The molecule has 4 aliphatic carbocycles. The number of aliphatic hydroxyl groups is 10. The fraction of sp³-hybridized carbons (Fsp3) is 0.918. The number of nitrogens with one attached hydrogen (secondary N) is 3. The summed E-state index contributed by atoms with van der Waals surface area (Å²) in [5, 5.41) is 119. The van der Waals surface area contributed by atoms with Crippen LogP contribution in [-0.2, 0) is 85.6 Å². The molecule has 10 rings (SSSR count). The number of ketones is 1. The maximum atomic E-state index is 14.5. The zero-order valence-electron chi connectivity index (χ0n) is 61.9. The molecule has 33 heteroatoms. The topological polar surface area (TPSA) is 458 Å². The Morgan fingerprint density at radius 2 is 0.906 bits per heavy atom. The summed E-state index contributed by atoms with van der Waals surface area (Å²) >= 11 is 0. The molecule has 0 aromatic heterocycles. The van der Waals surface area contributed by atoms with Crippen LogP contribution in [0.25, 0.3) is 0 Å². The van der Waals surface area contributed by atoms with Crippen LogP contribution in [-0.4, -0.2) is 327 Å². The summed E-state index contributed by atoms with van der Waals surface area (Å²) in [6.45, 7) is 5.59. The molecule has 606 valence electrons. The summed E-state index contributed by atoms with van der Waals surface area (Å²) in [7, 11) is 0. The molecule has 106 heavy (non-hydrogen) atoms. The zero-order valence-corrected chi connectivity index (χ0v) is 61.9. The molecule has 0 unspecified atom stereocenters. The van der Waals surface area contributed by atoms with E-state index in [1.807, 2.05) is 0 Å². The SMILES string of the molecule is CC(=O)N[C@H]1CCC[C@@H](O[C@@H]2O[C@H](CO)[C@H](O)[C@H](O[C@@H](CC3CCCCC3)C(=O)N3CCC3)[C@H]2CC(=O)CCCOCCOCC(=O)N[C@H]2[C@H](O[C@@H]3CCC[C@H](NC(C)=O)[C@H]3O[C@@H]3O[C@@H](C)[C@@H](O)[C@@H](O)[C@@H]3O)O[C@H](CO)[C@H](O)[C@@H]2O[C@@H](CC2CCCCC2)C(=O)N2CCC2)[C@@H]1O[C@@H]1O[C@@H](C)[C@@H](O)[C@@H](O)[C@@H]1O. The lowest BCUT2D eigenvalue weighted by molar-refractivity contribution is -0.340. The number of ether oxygens (including phenoxy) is 12. The summed E-state index contributed by atoms with van der Waals surface area (Å²) in [5.41, 5.74) is 0. The van der Waals surface area contributed by atoms with Crippen LogP contribution >= 0.6 is 0 Å². The second kappa shape index (κ2) is 40.6. The van der Waals surface area contributed by atoms with Crippen LogP contribution in [0.3, 0.4) is 0 Å². The quantitative estimate of drug-likeness (QED) is 0.0326. The van der Waals surface area contributed by atoms with Crippen molar-refractivity contribution in [3.63, 3.8) is 0 Å². The van der Waals surface area contributed by atoms with Crippen molar-refractivity contribution in [2.75, 3.05) is 65.8 Å². The van der Waals surface area contributed by atoms with Gasteiger partial charge in [0.1, 0.15) is 110 Å². The van der Waals surface area contributed by atoms with E-state index in [-0.39, 0.29) is 81.4 Å². The van der Waals surface area contributed by atoms with Gasteiger partial charge in [-0.2, -0.15) is 0 Å². The Hall–Kier alpha value is -3.86. The van der Waals surface area contributed by atoms with E-state index in [9.17, 15) is 79.8 Å². The largest absolute Gasteiger partial charge is 0.394 e. The monoisotopic (exact) mass is 1520 g/mol. The summed E-state index contributed by atoms with van der Waals surface area (Å²) in [6, 6.07) is -2.89. The van der Waals surface area contributed by atoms with Crippen molar-refractivity contribution >= 4 is 35.3 Å². The molecule has 0 aromatic carbocycles. The van der Waals surface area contributed by atoms with Gasteiger partial charge in [0.15, 0.2) is 25.2 Å². The Labute approximate surface area is 619 Å². The molecule has 0 radical (unpaired) electrons. The molecule has 6 aliphatic heterocycles. The van der Waals surface area contributed by atoms with Crippen molar-refractivity contribution < 1.29 is 137 Å². The second-order valence-corrected chi connectivity index (χ2v) is 31.1. The van der Waals surface area contributed by atoms with Gasteiger partial charge in [-0.05, 0) is 96.3 Å². The minimum Gasteiger partial charge on any atom is -0.394 e. The predicted molar refractivity (Wildman–Crippen MR) is 369 cm³/mol. The summed E-state index contributed by atoms with van der Waals surface area (Å²) in [6.07, 6.45) is -18.4. The smallest absolute Gasteiger partial charge is 0.251 e. The molecule has 5 amide bonds. The Morgan fingerprint density at radius 3 is 1.37 bits per heavy atom. The number of hydrogen-bond donors (Lipinski definition) is 13. The first kappa shape index (κ1) is 84.6. The van der Waals surface area contributed by atoms with E-state index in [1.165, 1.54) is 27.7 Å². The number of carbonyl (C=O) groups excluding carboxylic acids is 6. The van der Waals surface area contributed by atoms with Crippen molar-refractivity contribution in [2.45, 2.75) is 341 Å². The number of rotatable bonds is 34. The summed E-state index contributed by atoms with van der Waals surface area (Å²) in [4.78, 5) is 86.3. The van der Waals surface area contributed by atoms with E-state index in [1.54, 1.807) is 9.80 Å². The predicted octanol–water partition coefficient (Wildman–Crippen LogP) is -1.50. The third-order valence-electron chi connectivity index (χ3n) is 23.2. The van der Waals surface area contributed by atoms with Crippen LogP contribution in [0.5, 0.6) is 0 Å². The highest BCUT2D eigenvalue weighted by Crippen LogP contribution is 2.41. The van der Waals surface area contributed by atoms with Gasteiger partial charge in [0.2, 0.25) is 17.7 Å². The number of carbonyl (C=O) groups is 6. The van der Waals surface area contributed by atoms with Crippen molar-refractivity contribution in [1.29, 1.82) is 0 Å². The molecule has 28 atom stereocenters. The molecule has 0 aromatic rings. The van der Waals surface area contributed by atoms with Gasteiger partial charge in [-0.25, -0.2) is 0 Å². The first-order valence-corrected chi connectivity index (χ1v) is 39.2. The Morgan fingerprint density at radius 1 is 0.453 bits per heavy atom. The fourth-order valence-corrected chi connectivity index (χ4v) is 16.9. The van der Waals surface area contributed by atoms with Gasteiger partial charge in [-0.15, -0.1) is 0 Å². The van der Waals surface area contributed by atoms with Gasteiger partial charge < -0.3 is 134 Å². The van der Waals surface area contributed by atoms with Gasteiger partial charge in [0.25, 0.3) is 11.8 Å².